The van der Waals surface area contributed by atoms with Crippen LogP contribution in [0.15, 0.2) is 42.7 Å². The average molecular weight is 402 g/mol. The lowest BCUT2D eigenvalue weighted by atomic mass is 9.73. The lowest BCUT2D eigenvalue weighted by Crippen LogP contribution is -2.37. The van der Waals surface area contributed by atoms with Crippen LogP contribution in [0.4, 0.5) is 5.82 Å². The van der Waals surface area contributed by atoms with Gasteiger partial charge in [0, 0.05) is 6.54 Å². The molecule has 0 aliphatic heterocycles. The fraction of sp³-hybridized carbons (Fsp3) is 0.250. The maximum Gasteiger partial charge on any atom is 0.306 e. The highest BCUT2D eigenvalue weighted by molar-refractivity contribution is 6.42. The first kappa shape index (κ1) is 18.0. The highest BCUT2D eigenvalue weighted by atomic mass is 35.5. The van der Waals surface area contributed by atoms with Crippen molar-refractivity contribution in [3.63, 3.8) is 0 Å². The van der Waals surface area contributed by atoms with Gasteiger partial charge in [0.2, 0.25) is 0 Å². The number of hydrogen-bond donors (Lipinski definition) is 2. The minimum absolute atomic E-state index is 0.115. The van der Waals surface area contributed by atoms with Crippen LogP contribution in [0.1, 0.15) is 12.8 Å². The number of carboxylic acids is 1. The summed E-state index contributed by atoms with van der Waals surface area (Å²) in [5.74, 6) is -0.195. The van der Waals surface area contributed by atoms with Gasteiger partial charge in [-0.15, -0.1) is 0 Å². The van der Waals surface area contributed by atoms with Gasteiger partial charge in [-0.05, 0) is 48.1 Å². The molecule has 2 N–H and O–H groups in total. The van der Waals surface area contributed by atoms with Crippen molar-refractivity contribution in [1.29, 1.82) is 0 Å². The van der Waals surface area contributed by atoms with Crippen LogP contribution in [0.25, 0.3) is 22.0 Å². The molecule has 1 fully saturated rings. The smallest absolute Gasteiger partial charge is 0.306 e. The molecule has 2 aromatic carbocycles. The zero-order valence-electron chi connectivity index (χ0n) is 14.3. The lowest BCUT2D eigenvalue weighted by molar-refractivity contribution is -0.147. The predicted molar refractivity (Wildman–Crippen MR) is 107 cm³/mol. The van der Waals surface area contributed by atoms with Crippen LogP contribution in [-0.2, 0) is 4.79 Å². The normalized spacial score (nSPS) is 18.9. The molecular formula is C20H17Cl2N3O2. The van der Waals surface area contributed by atoms with Gasteiger partial charge in [0.05, 0.1) is 26.9 Å². The van der Waals surface area contributed by atoms with Crippen molar-refractivity contribution in [2.75, 3.05) is 11.9 Å². The third-order valence-electron chi connectivity index (χ3n) is 5.16. The summed E-state index contributed by atoms with van der Waals surface area (Å²) in [4.78, 5) is 20.0. The topological polar surface area (TPSA) is 75.1 Å². The molecule has 2 atom stereocenters. The van der Waals surface area contributed by atoms with Crippen LogP contribution < -0.4 is 5.32 Å². The summed E-state index contributed by atoms with van der Waals surface area (Å²) in [5, 5.41) is 14.4. The van der Waals surface area contributed by atoms with Crippen LogP contribution >= 0.6 is 23.2 Å². The first-order valence-electron chi connectivity index (χ1n) is 8.70. The molecule has 138 valence electrons. The molecule has 1 heterocycles. The number of aromatic nitrogens is 2. The van der Waals surface area contributed by atoms with Crippen LogP contribution in [-0.4, -0.2) is 27.6 Å². The maximum atomic E-state index is 11.2. The van der Waals surface area contributed by atoms with E-state index in [1.54, 1.807) is 6.07 Å². The molecule has 1 saturated carbocycles. The number of hydrogen-bond acceptors (Lipinski definition) is 4. The molecule has 0 radical (unpaired) electrons. The van der Waals surface area contributed by atoms with Crippen molar-refractivity contribution >= 4 is 45.9 Å². The van der Waals surface area contributed by atoms with Crippen LogP contribution in [0.2, 0.25) is 10.0 Å². The Morgan fingerprint density at radius 3 is 2.70 bits per heavy atom. The lowest BCUT2D eigenvalue weighted by Gasteiger charge is -2.33. The van der Waals surface area contributed by atoms with Gasteiger partial charge < -0.3 is 10.4 Å². The van der Waals surface area contributed by atoms with Crippen molar-refractivity contribution in [3.05, 3.63) is 52.8 Å². The molecule has 5 nitrogen and oxygen atoms in total. The molecule has 1 aliphatic rings. The summed E-state index contributed by atoms with van der Waals surface area (Å²) in [5.41, 5.74) is 2.66. The SMILES string of the molecule is O=C(O)C1CCC1CNc1ncnc2cccc(-c3ccc(Cl)c(Cl)c3)c12. The van der Waals surface area contributed by atoms with E-state index < -0.39 is 5.97 Å². The number of nitrogens with zero attached hydrogens (tertiary/aromatic N) is 2. The molecule has 4 rings (SSSR count). The Balaban J connectivity index is 1.71. The highest BCUT2D eigenvalue weighted by Crippen LogP contribution is 2.37. The number of nitrogens with one attached hydrogen (secondary N) is 1. The van der Waals surface area contributed by atoms with Gasteiger partial charge in [-0.2, -0.15) is 0 Å². The largest absolute Gasteiger partial charge is 0.481 e. The summed E-state index contributed by atoms with van der Waals surface area (Å²) >= 11 is 12.2. The number of aliphatic carboxylic acids is 1. The molecule has 3 aromatic rings. The summed E-state index contributed by atoms with van der Waals surface area (Å²) < 4.78 is 0. The standard InChI is InChI=1S/C20H17Cl2N3O2/c21-15-7-5-11(8-16(15)22)13-2-1-3-17-18(13)19(25-10-24-17)23-9-12-4-6-14(12)20(26)27/h1-3,5,7-8,10,12,14H,4,6,9H2,(H,26,27)(H,23,24,25). The first-order valence-corrected chi connectivity index (χ1v) is 9.46. The minimum atomic E-state index is -0.725. The predicted octanol–water partition coefficient (Wildman–Crippen LogP) is 5.13. The highest BCUT2D eigenvalue weighted by Gasteiger charge is 2.36. The second kappa shape index (κ2) is 7.33. The molecular weight excluding hydrogens is 385 g/mol. The number of carboxylic acid groups (broad SMARTS) is 1. The second-order valence-corrected chi connectivity index (χ2v) is 7.53. The molecule has 0 bridgehead atoms. The average Bonchev–Trinajstić information content (AvgIpc) is 2.62. The third kappa shape index (κ3) is 3.45. The number of carbonyl (C=O) groups is 1. The maximum absolute atomic E-state index is 11.2. The zero-order valence-corrected chi connectivity index (χ0v) is 15.8. The van der Waals surface area contributed by atoms with E-state index in [1.807, 2.05) is 30.3 Å². The Morgan fingerprint density at radius 1 is 1.15 bits per heavy atom. The van der Waals surface area contributed by atoms with Crippen molar-refractivity contribution in [2.24, 2.45) is 11.8 Å². The molecule has 0 saturated heterocycles. The fourth-order valence-corrected chi connectivity index (χ4v) is 3.81. The van der Waals surface area contributed by atoms with Crippen molar-refractivity contribution < 1.29 is 9.90 Å². The van der Waals surface area contributed by atoms with Gasteiger partial charge >= 0.3 is 5.97 Å². The summed E-state index contributed by atoms with van der Waals surface area (Å²) in [6, 6.07) is 11.3. The van der Waals surface area contributed by atoms with E-state index in [4.69, 9.17) is 23.2 Å². The first-order chi connectivity index (χ1) is 13.0. The molecule has 2 unspecified atom stereocenters. The number of fused-ring (bicyclic) bond motifs is 1. The fourth-order valence-electron chi connectivity index (χ4n) is 3.51. The summed E-state index contributed by atoms with van der Waals surface area (Å²) in [6.07, 6.45) is 3.16. The van der Waals surface area contributed by atoms with E-state index >= 15 is 0 Å². The number of anilines is 1. The second-order valence-electron chi connectivity index (χ2n) is 6.71. The van der Waals surface area contributed by atoms with Gasteiger partial charge in [-0.3, -0.25) is 4.79 Å². The van der Waals surface area contributed by atoms with E-state index in [0.29, 0.717) is 22.4 Å². The van der Waals surface area contributed by atoms with Crippen molar-refractivity contribution in [1.82, 2.24) is 9.97 Å². The van der Waals surface area contributed by atoms with Crippen LogP contribution in [0.5, 0.6) is 0 Å². The molecule has 1 aromatic heterocycles. The van der Waals surface area contributed by atoms with Crippen molar-refractivity contribution in [3.8, 4) is 11.1 Å². The Bertz CT molecular complexity index is 1020. The van der Waals surface area contributed by atoms with Gasteiger partial charge in [0.15, 0.2) is 0 Å². The van der Waals surface area contributed by atoms with Crippen LogP contribution in [0.3, 0.4) is 0 Å². The molecule has 27 heavy (non-hydrogen) atoms. The van der Waals surface area contributed by atoms with E-state index in [2.05, 4.69) is 15.3 Å². The Hall–Kier alpha value is -2.37. The van der Waals surface area contributed by atoms with E-state index in [1.165, 1.54) is 6.33 Å². The third-order valence-corrected chi connectivity index (χ3v) is 5.90. The van der Waals surface area contributed by atoms with Gasteiger partial charge in [-0.25, -0.2) is 9.97 Å². The monoisotopic (exact) mass is 401 g/mol. The number of rotatable bonds is 5. The van der Waals surface area contributed by atoms with Gasteiger partial charge in [0.1, 0.15) is 12.1 Å². The van der Waals surface area contributed by atoms with E-state index in [9.17, 15) is 9.90 Å². The van der Waals surface area contributed by atoms with Crippen LogP contribution in [0, 0.1) is 11.8 Å². The molecule has 0 amide bonds. The number of benzene rings is 2. The van der Waals surface area contributed by atoms with Crippen molar-refractivity contribution in [2.45, 2.75) is 12.8 Å². The van der Waals surface area contributed by atoms with Gasteiger partial charge in [-0.1, -0.05) is 41.4 Å². The van der Waals surface area contributed by atoms with E-state index in [-0.39, 0.29) is 11.8 Å². The number of halogens is 2. The summed E-state index contributed by atoms with van der Waals surface area (Å²) in [6.45, 7) is 0.568. The molecule has 7 heteroatoms. The molecule has 1 aliphatic carbocycles. The quantitative estimate of drug-likeness (QED) is 0.619. The zero-order chi connectivity index (χ0) is 19.0. The van der Waals surface area contributed by atoms with Gasteiger partial charge in [0.25, 0.3) is 0 Å². The Labute approximate surface area is 166 Å². The minimum Gasteiger partial charge on any atom is -0.481 e. The Kier molecular flexibility index (Phi) is 4.89. The van der Waals surface area contributed by atoms with E-state index in [0.717, 1.165) is 34.9 Å². The Morgan fingerprint density at radius 2 is 2.00 bits per heavy atom. The summed E-state index contributed by atoms with van der Waals surface area (Å²) in [7, 11) is 0. The molecule has 0 spiro atoms.